The van der Waals surface area contributed by atoms with Gasteiger partial charge in [0, 0.05) is 11.3 Å². The van der Waals surface area contributed by atoms with Crippen molar-refractivity contribution in [3.63, 3.8) is 0 Å². The van der Waals surface area contributed by atoms with Crippen molar-refractivity contribution in [1.29, 1.82) is 0 Å². The fourth-order valence-corrected chi connectivity index (χ4v) is 4.69. The number of fused-ring (bicyclic) bond motifs is 2. The maximum absolute atomic E-state index is 13.2. The first-order valence-electron chi connectivity index (χ1n) is 11.0. The molecule has 6 nitrogen and oxygen atoms in total. The summed E-state index contributed by atoms with van der Waals surface area (Å²) in [7, 11) is 1.64. The summed E-state index contributed by atoms with van der Waals surface area (Å²) >= 11 is 0. The summed E-state index contributed by atoms with van der Waals surface area (Å²) in [5, 5.41) is 14.1. The zero-order valence-corrected chi connectivity index (χ0v) is 18.5. The van der Waals surface area contributed by atoms with Gasteiger partial charge in [-0.15, -0.1) is 0 Å². The standard InChI is InChI=1S/C27H24N2O4/c1-18(19-8-5-10-21-20(19)9-6-12-26(21)33-2)25(30)13-14-27(15-16-27)28-17-24(29(31)32)22-7-3-4-11-23(22)28/h3-14,17-18H,15-16H2,1-2H3/b14-13+. The first-order chi connectivity index (χ1) is 15.9. The number of para-hydroxylation sites is 1. The number of hydrogen-bond donors (Lipinski definition) is 0. The van der Waals surface area contributed by atoms with Crippen LogP contribution in [0.2, 0.25) is 0 Å². The zero-order chi connectivity index (χ0) is 23.2. The van der Waals surface area contributed by atoms with Crippen molar-refractivity contribution in [1.82, 2.24) is 4.57 Å². The van der Waals surface area contributed by atoms with Gasteiger partial charge in [-0.2, -0.15) is 0 Å². The van der Waals surface area contributed by atoms with Crippen LogP contribution in [-0.4, -0.2) is 22.4 Å². The Hall–Kier alpha value is -3.93. The second-order valence-electron chi connectivity index (χ2n) is 8.62. The number of carbonyl (C=O) groups excluding carboxylic acids is 1. The van der Waals surface area contributed by atoms with Crippen molar-refractivity contribution < 1.29 is 14.5 Å². The number of allylic oxidation sites excluding steroid dienone is 2. The van der Waals surface area contributed by atoms with E-state index >= 15 is 0 Å². The Morgan fingerprint density at radius 1 is 1.06 bits per heavy atom. The highest BCUT2D eigenvalue weighted by Gasteiger charge is 2.44. The van der Waals surface area contributed by atoms with Gasteiger partial charge in [0.25, 0.3) is 5.69 Å². The van der Waals surface area contributed by atoms with Crippen LogP contribution in [0.1, 0.15) is 31.2 Å². The number of carbonyl (C=O) groups is 1. The lowest BCUT2D eigenvalue weighted by Crippen LogP contribution is -2.14. The Morgan fingerprint density at radius 2 is 1.76 bits per heavy atom. The predicted molar refractivity (Wildman–Crippen MR) is 129 cm³/mol. The van der Waals surface area contributed by atoms with Gasteiger partial charge in [0.15, 0.2) is 5.78 Å². The normalized spacial score (nSPS) is 15.7. The Morgan fingerprint density at radius 3 is 2.48 bits per heavy atom. The number of hydrogen-bond acceptors (Lipinski definition) is 4. The number of methoxy groups -OCH3 is 1. The molecule has 33 heavy (non-hydrogen) atoms. The maximum atomic E-state index is 13.2. The molecule has 0 saturated heterocycles. The average Bonchev–Trinajstić information content (AvgIpc) is 3.52. The monoisotopic (exact) mass is 440 g/mol. The first kappa shape index (κ1) is 20.9. The lowest BCUT2D eigenvalue weighted by atomic mass is 9.91. The van der Waals surface area contributed by atoms with Gasteiger partial charge in [-0.05, 0) is 48.1 Å². The number of benzene rings is 3. The fourth-order valence-electron chi connectivity index (χ4n) is 4.69. The summed E-state index contributed by atoms with van der Waals surface area (Å²) < 4.78 is 7.43. The van der Waals surface area contributed by atoms with Gasteiger partial charge < -0.3 is 9.30 Å². The summed E-state index contributed by atoms with van der Waals surface area (Å²) in [6.07, 6.45) is 6.86. The van der Waals surface area contributed by atoms with Gasteiger partial charge in [-0.25, -0.2) is 0 Å². The molecule has 0 aliphatic heterocycles. The Bertz CT molecular complexity index is 1430. The molecule has 0 bridgehead atoms. The van der Waals surface area contributed by atoms with E-state index in [1.807, 2.05) is 66.1 Å². The lowest BCUT2D eigenvalue weighted by Gasteiger charge is -2.16. The van der Waals surface area contributed by atoms with Crippen molar-refractivity contribution in [2.24, 2.45) is 0 Å². The van der Waals surface area contributed by atoms with Crippen molar-refractivity contribution in [3.05, 3.63) is 94.7 Å². The number of nitro groups is 1. The molecule has 0 spiro atoms. The van der Waals surface area contributed by atoms with E-state index in [9.17, 15) is 14.9 Å². The third kappa shape index (κ3) is 3.48. The quantitative estimate of drug-likeness (QED) is 0.197. The molecule has 0 radical (unpaired) electrons. The minimum Gasteiger partial charge on any atom is -0.496 e. The van der Waals surface area contributed by atoms with Gasteiger partial charge in [0.1, 0.15) is 5.75 Å². The van der Waals surface area contributed by atoms with E-state index in [2.05, 4.69) is 0 Å². The molecule has 5 rings (SSSR count). The summed E-state index contributed by atoms with van der Waals surface area (Å²) in [6.45, 7) is 1.91. The average molecular weight is 440 g/mol. The van der Waals surface area contributed by atoms with Crippen molar-refractivity contribution in [2.45, 2.75) is 31.2 Å². The van der Waals surface area contributed by atoms with Crippen LogP contribution in [0.5, 0.6) is 5.75 Å². The smallest absolute Gasteiger partial charge is 0.294 e. The van der Waals surface area contributed by atoms with E-state index in [0.29, 0.717) is 5.39 Å². The molecule has 1 aliphatic rings. The number of ketones is 1. The highest BCUT2D eigenvalue weighted by Crippen LogP contribution is 2.48. The first-order valence-corrected chi connectivity index (χ1v) is 11.0. The second kappa shape index (κ2) is 7.89. The second-order valence-corrected chi connectivity index (χ2v) is 8.62. The van der Waals surface area contributed by atoms with E-state index < -0.39 is 5.54 Å². The number of nitrogens with zero attached hydrogens (tertiary/aromatic N) is 2. The molecule has 4 aromatic rings. The van der Waals surface area contributed by atoms with E-state index in [1.165, 1.54) is 0 Å². The summed E-state index contributed by atoms with van der Waals surface area (Å²) in [6, 6.07) is 19.1. The lowest BCUT2D eigenvalue weighted by molar-refractivity contribution is -0.383. The van der Waals surface area contributed by atoms with E-state index in [-0.39, 0.29) is 22.3 Å². The minimum atomic E-state index is -0.398. The highest BCUT2D eigenvalue weighted by atomic mass is 16.6. The van der Waals surface area contributed by atoms with Crippen LogP contribution in [-0.2, 0) is 10.3 Å². The Labute approximate surface area is 191 Å². The Kier molecular flexibility index (Phi) is 5.01. The van der Waals surface area contributed by atoms with E-state index in [4.69, 9.17) is 4.74 Å². The molecule has 1 atom stereocenters. The van der Waals surface area contributed by atoms with Crippen LogP contribution in [0, 0.1) is 10.1 Å². The fraction of sp³-hybridized carbons (Fsp3) is 0.222. The molecular weight excluding hydrogens is 416 g/mol. The maximum Gasteiger partial charge on any atom is 0.294 e. The molecule has 1 fully saturated rings. The van der Waals surface area contributed by atoms with Crippen molar-refractivity contribution in [3.8, 4) is 5.75 Å². The van der Waals surface area contributed by atoms with Crippen LogP contribution in [0.25, 0.3) is 21.7 Å². The number of rotatable bonds is 7. The van der Waals surface area contributed by atoms with Crippen molar-refractivity contribution >= 4 is 33.1 Å². The molecule has 1 aromatic heterocycles. The highest BCUT2D eigenvalue weighted by molar-refractivity contribution is 6.00. The zero-order valence-electron chi connectivity index (χ0n) is 18.5. The SMILES string of the molecule is COc1cccc2c(C(C)C(=O)/C=C/C3(n4cc([N+](=O)[O-])c5ccccc54)CC3)cccc12. The molecule has 0 amide bonds. The predicted octanol–water partition coefficient (Wildman–Crippen LogP) is 6.13. The van der Waals surface area contributed by atoms with Crippen LogP contribution in [0.3, 0.4) is 0 Å². The summed E-state index contributed by atoms with van der Waals surface area (Å²) in [5.41, 5.74) is 1.46. The Balaban J connectivity index is 1.47. The van der Waals surface area contributed by atoms with Crippen LogP contribution >= 0.6 is 0 Å². The van der Waals surface area contributed by atoms with Gasteiger partial charge in [-0.3, -0.25) is 14.9 Å². The molecule has 166 valence electrons. The molecular formula is C27H24N2O4. The van der Waals surface area contributed by atoms with Gasteiger partial charge in [0.2, 0.25) is 0 Å². The van der Waals surface area contributed by atoms with E-state index in [0.717, 1.165) is 40.4 Å². The molecule has 1 unspecified atom stereocenters. The third-order valence-corrected chi connectivity index (χ3v) is 6.72. The van der Waals surface area contributed by atoms with Crippen LogP contribution in [0.4, 0.5) is 5.69 Å². The van der Waals surface area contributed by atoms with Crippen LogP contribution in [0.15, 0.2) is 79.0 Å². The third-order valence-electron chi connectivity index (χ3n) is 6.72. The van der Waals surface area contributed by atoms with Gasteiger partial charge >= 0.3 is 0 Å². The number of aromatic nitrogens is 1. The molecule has 6 heteroatoms. The van der Waals surface area contributed by atoms with Crippen molar-refractivity contribution in [2.75, 3.05) is 7.11 Å². The minimum absolute atomic E-state index is 0.00237. The topological polar surface area (TPSA) is 74.4 Å². The van der Waals surface area contributed by atoms with Gasteiger partial charge in [0.05, 0.1) is 34.7 Å². The largest absolute Gasteiger partial charge is 0.496 e. The molecule has 1 saturated carbocycles. The summed E-state index contributed by atoms with van der Waals surface area (Å²) in [5.74, 6) is 0.453. The van der Waals surface area contributed by atoms with Gasteiger partial charge in [-0.1, -0.05) is 55.5 Å². The van der Waals surface area contributed by atoms with Crippen LogP contribution < -0.4 is 4.74 Å². The molecule has 1 aliphatic carbocycles. The van der Waals surface area contributed by atoms with E-state index in [1.54, 1.807) is 31.5 Å². The number of ether oxygens (including phenoxy) is 1. The molecule has 0 N–H and O–H groups in total. The summed E-state index contributed by atoms with van der Waals surface area (Å²) in [4.78, 5) is 24.4. The molecule has 3 aromatic carbocycles. The molecule has 1 heterocycles.